The van der Waals surface area contributed by atoms with Crippen LogP contribution in [-0.4, -0.2) is 50.0 Å². The van der Waals surface area contributed by atoms with Crippen LogP contribution in [0.5, 0.6) is 0 Å². The van der Waals surface area contributed by atoms with E-state index in [1.807, 2.05) is 51.1 Å². The van der Waals surface area contributed by atoms with Gasteiger partial charge in [0.15, 0.2) is 0 Å². The second-order valence-electron chi connectivity index (χ2n) is 10.0. The van der Waals surface area contributed by atoms with Crippen molar-refractivity contribution in [2.24, 2.45) is 0 Å². The number of nitrogens with one attached hydrogen (secondary N) is 1. The number of anilines is 1. The lowest BCUT2D eigenvalue weighted by Crippen LogP contribution is -2.53. The second kappa shape index (κ2) is 11.9. The summed E-state index contributed by atoms with van der Waals surface area (Å²) in [4.78, 5) is 28.4. The molecule has 1 fully saturated rings. The number of benzene rings is 2. The van der Waals surface area contributed by atoms with Crippen molar-refractivity contribution >= 4 is 27.5 Å². The number of nitrogens with zero attached hydrogens (tertiary/aromatic N) is 2. The van der Waals surface area contributed by atoms with E-state index < -0.39 is 22.0 Å². The summed E-state index contributed by atoms with van der Waals surface area (Å²) in [5.74, 6) is -0.630. The van der Waals surface area contributed by atoms with Crippen molar-refractivity contribution in [3.63, 3.8) is 0 Å². The van der Waals surface area contributed by atoms with Gasteiger partial charge < -0.3 is 10.2 Å². The third-order valence-electron chi connectivity index (χ3n) is 7.18. The predicted molar refractivity (Wildman–Crippen MR) is 144 cm³/mol. The maximum absolute atomic E-state index is 13.7. The van der Waals surface area contributed by atoms with Gasteiger partial charge in [0, 0.05) is 12.6 Å². The lowest BCUT2D eigenvalue weighted by molar-refractivity contribution is -0.139. The molecule has 1 N–H and O–H groups in total. The highest BCUT2D eigenvalue weighted by Gasteiger charge is 2.31. The van der Waals surface area contributed by atoms with E-state index in [4.69, 9.17) is 0 Å². The number of hydrogen-bond donors (Lipinski definition) is 1. The van der Waals surface area contributed by atoms with Gasteiger partial charge in [-0.05, 0) is 74.9 Å². The first-order chi connectivity index (χ1) is 17.0. The zero-order valence-corrected chi connectivity index (χ0v) is 22.9. The molecule has 2 aromatic carbocycles. The monoisotopic (exact) mass is 513 g/mol. The number of rotatable bonds is 9. The van der Waals surface area contributed by atoms with Crippen LogP contribution in [0.3, 0.4) is 0 Å². The summed E-state index contributed by atoms with van der Waals surface area (Å²) in [7, 11) is -3.74. The number of hydrogen-bond acceptors (Lipinski definition) is 4. The van der Waals surface area contributed by atoms with E-state index in [2.05, 4.69) is 5.32 Å². The lowest BCUT2D eigenvalue weighted by Gasteiger charge is -2.33. The Balaban J connectivity index is 1.89. The molecular formula is C28H39N3O4S. The third-order valence-corrected chi connectivity index (χ3v) is 8.32. The SMILES string of the molecule is Cc1ccc(N(CC(=O)N(Cc2ccccc2C)C(C)C(=O)NC2CCCCC2)S(C)(=O)=O)cc1C. The van der Waals surface area contributed by atoms with Gasteiger partial charge in [0.1, 0.15) is 12.6 Å². The van der Waals surface area contributed by atoms with Crippen LogP contribution in [0.2, 0.25) is 0 Å². The molecule has 0 aromatic heterocycles. The Labute approximate surface area is 215 Å². The van der Waals surface area contributed by atoms with Gasteiger partial charge in [-0.2, -0.15) is 0 Å². The largest absolute Gasteiger partial charge is 0.352 e. The molecule has 0 spiro atoms. The first-order valence-corrected chi connectivity index (χ1v) is 14.5. The zero-order chi connectivity index (χ0) is 26.5. The molecule has 1 atom stereocenters. The van der Waals surface area contributed by atoms with Gasteiger partial charge >= 0.3 is 0 Å². The van der Waals surface area contributed by atoms with Gasteiger partial charge in [0.2, 0.25) is 21.8 Å². The van der Waals surface area contributed by atoms with Gasteiger partial charge in [-0.3, -0.25) is 13.9 Å². The highest BCUT2D eigenvalue weighted by Crippen LogP contribution is 2.23. The van der Waals surface area contributed by atoms with Crippen LogP contribution in [0.15, 0.2) is 42.5 Å². The maximum Gasteiger partial charge on any atom is 0.244 e. The van der Waals surface area contributed by atoms with Crippen LogP contribution in [-0.2, 0) is 26.2 Å². The van der Waals surface area contributed by atoms with E-state index in [1.165, 1.54) is 11.3 Å². The van der Waals surface area contributed by atoms with E-state index in [0.717, 1.165) is 58.5 Å². The van der Waals surface area contributed by atoms with Crippen molar-refractivity contribution in [2.75, 3.05) is 17.1 Å². The lowest BCUT2D eigenvalue weighted by atomic mass is 9.95. The van der Waals surface area contributed by atoms with Crippen LogP contribution in [0.1, 0.15) is 61.3 Å². The second-order valence-corrected chi connectivity index (χ2v) is 11.9. The van der Waals surface area contributed by atoms with Crippen molar-refractivity contribution < 1.29 is 18.0 Å². The Morgan fingerprint density at radius 3 is 2.25 bits per heavy atom. The molecule has 1 unspecified atom stereocenters. The Hall–Kier alpha value is -2.87. The molecule has 2 aromatic rings. The summed E-state index contributed by atoms with van der Waals surface area (Å²) in [6.45, 7) is 7.37. The number of carbonyl (C=O) groups is 2. The Morgan fingerprint density at radius 1 is 0.972 bits per heavy atom. The Morgan fingerprint density at radius 2 is 1.64 bits per heavy atom. The average molecular weight is 514 g/mol. The molecule has 0 bridgehead atoms. The van der Waals surface area contributed by atoms with E-state index in [9.17, 15) is 18.0 Å². The molecular weight excluding hydrogens is 474 g/mol. The summed E-state index contributed by atoms with van der Waals surface area (Å²) in [5, 5.41) is 3.12. The Kier molecular flexibility index (Phi) is 9.17. The fourth-order valence-electron chi connectivity index (χ4n) is 4.62. The molecule has 1 saturated carbocycles. The fourth-order valence-corrected chi connectivity index (χ4v) is 5.46. The van der Waals surface area contributed by atoms with Crippen molar-refractivity contribution in [3.05, 3.63) is 64.7 Å². The predicted octanol–water partition coefficient (Wildman–Crippen LogP) is 4.24. The Bertz CT molecular complexity index is 1190. The third kappa shape index (κ3) is 7.09. The first-order valence-electron chi connectivity index (χ1n) is 12.7. The van der Waals surface area contributed by atoms with Crippen LogP contribution in [0.4, 0.5) is 5.69 Å². The minimum Gasteiger partial charge on any atom is -0.352 e. The molecule has 0 heterocycles. The summed E-state index contributed by atoms with van der Waals surface area (Å²) >= 11 is 0. The van der Waals surface area contributed by atoms with Crippen molar-refractivity contribution in [3.8, 4) is 0 Å². The molecule has 8 heteroatoms. The molecule has 3 rings (SSSR count). The minimum atomic E-state index is -3.74. The van der Waals surface area contributed by atoms with E-state index in [0.29, 0.717) is 5.69 Å². The summed E-state index contributed by atoms with van der Waals surface area (Å²) in [5.41, 5.74) is 4.33. The highest BCUT2D eigenvalue weighted by molar-refractivity contribution is 7.92. The summed E-state index contributed by atoms with van der Waals surface area (Å²) in [6.07, 6.45) is 6.34. The minimum absolute atomic E-state index is 0.118. The van der Waals surface area contributed by atoms with Crippen LogP contribution in [0, 0.1) is 20.8 Å². The zero-order valence-electron chi connectivity index (χ0n) is 22.1. The van der Waals surface area contributed by atoms with E-state index >= 15 is 0 Å². The first kappa shape index (κ1) is 27.7. The molecule has 2 amide bonds. The number of amides is 2. The van der Waals surface area contributed by atoms with E-state index in [-0.39, 0.29) is 25.0 Å². The van der Waals surface area contributed by atoms with Crippen molar-refractivity contribution in [2.45, 2.75) is 78.4 Å². The van der Waals surface area contributed by atoms with Gasteiger partial charge in [0.25, 0.3) is 0 Å². The molecule has 0 aliphatic heterocycles. The van der Waals surface area contributed by atoms with Crippen molar-refractivity contribution in [1.82, 2.24) is 10.2 Å². The summed E-state index contributed by atoms with van der Waals surface area (Å²) in [6, 6.07) is 12.4. The molecule has 1 aliphatic rings. The molecule has 0 radical (unpaired) electrons. The van der Waals surface area contributed by atoms with Crippen LogP contribution >= 0.6 is 0 Å². The molecule has 7 nitrogen and oxygen atoms in total. The molecule has 1 aliphatic carbocycles. The maximum atomic E-state index is 13.7. The molecule has 196 valence electrons. The van der Waals surface area contributed by atoms with Gasteiger partial charge in [-0.1, -0.05) is 49.6 Å². The molecule has 0 saturated heterocycles. The standard InChI is InChI=1S/C28H39N3O4S/c1-20-15-16-26(17-22(20)3)31(36(5,34)35)19-27(32)30(18-24-12-10-9-11-21(24)2)23(4)28(33)29-25-13-7-6-8-14-25/h9-12,15-17,23,25H,6-8,13-14,18-19H2,1-5H3,(H,29,33). The smallest absolute Gasteiger partial charge is 0.244 e. The quantitative estimate of drug-likeness (QED) is 0.543. The fraction of sp³-hybridized carbons (Fsp3) is 0.500. The van der Waals surface area contributed by atoms with Crippen molar-refractivity contribution in [1.29, 1.82) is 0 Å². The number of carbonyl (C=O) groups excluding carboxylic acids is 2. The van der Waals surface area contributed by atoms with Crippen LogP contribution < -0.4 is 9.62 Å². The van der Waals surface area contributed by atoms with Crippen LogP contribution in [0.25, 0.3) is 0 Å². The average Bonchev–Trinajstić information content (AvgIpc) is 2.83. The van der Waals surface area contributed by atoms with Gasteiger partial charge in [-0.15, -0.1) is 0 Å². The highest BCUT2D eigenvalue weighted by atomic mass is 32.2. The van der Waals surface area contributed by atoms with E-state index in [1.54, 1.807) is 19.1 Å². The molecule has 36 heavy (non-hydrogen) atoms. The number of sulfonamides is 1. The van der Waals surface area contributed by atoms with Gasteiger partial charge in [-0.25, -0.2) is 8.42 Å². The topological polar surface area (TPSA) is 86.8 Å². The van der Waals surface area contributed by atoms with Gasteiger partial charge in [0.05, 0.1) is 11.9 Å². The number of aryl methyl sites for hydroxylation is 3. The normalized spacial score (nSPS) is 15.2. The summed E-state index contributed by atoms with van der Waals surface area (Å²) < 4.78 is 26.6.